The van der Waals surface area contributed by atoms with Crippen LogP contribution in [0.1, 0.15) is 6.92 Å². The van der Waals surface area contributed by atoms with E-state index in [1.54, 1.807) is 29.1 Å². The van der Waals surface area contributed by atoms with Gasteiger partial charge in [0.15, 0.2) is 0 Å². The van der Waals surface area contributed by atoms with E-state index >= 15 is 0 Å². The first-order valence-corrected chi connectivity index (χ1v) is 8.11. The SMILES string of the molecule is CC(Cn1cccn1)Nc1ccccc1S(=O)(=O)N(C)C. The third-order valence-corrected chi connectivity index (χ3v) is 4.94. The molecule has 1 heterocycles. The number of sulfonamides is 1. The van der Waals surface area contributed by atoms with Gasteiger partial charge in [0.1, 0.15) is 4.90 Å². The summed E-state index contributed by atoms with van der Waals surface area (Å²) in [5, 5.41) is 7.39. The average Bonchev–Trinajstić information content (AvgIpc) is 2.91. The number of nitrogens with zero attached hydrogens (tertiary/aromatic N) is 3. The number of hydrogen-bond acceptors (Lipinski definition) is 4. The number of anilines is 1. The summed E-state index contributed by atoms with van der Waals surface area (Å²) in [6, 6.07) is 8.83. The van der Waals surface area contributed by atoms with Crippen LogP contribution in [0.15, 0.2) is 47.6 Å². The quantitative estimate of drug-likeness (QED) is 0.881. The summed E-state index contributed by atoms with van der Waals surface area (Å²) in [6.45, 7) is 2.64. The Bertz CT molecular complexity index is 681. The van der Waals surface area contributed by atoms with Crippen molar-refractivity contribution in [1.29, 1.82) is 0 Å². The Labute approximate surface area is 125 Å². The van der Waals surface area contributed by atoms with E-state index < -0.39 is 10.0 Å². The van der Waals surface area contributed by atoms with Crippen LogP contribution in [-0.2, 0) is 16.6 Å². The summed E-state index contributed by atoms with van der Waals surface area (Å²) in [6.07, 6.45) is 3.60. The van der Waals surface area contributed by atoms with E-state index in [1.165, 1.54) is 18.4 Å². The van der Waals surface area contributed by atoms with Crippen LogP contribution in [0, 0.1) is 0 Å². The Kier molecular flexibility index (Phi) is 4.64. The molecule has 0 amide bonds. The van der Waals surface area contributed by atoms with Gasteiger partial charge in [-0.2, -0.15) is 5.10 Å². The fourth-order valence-electron chi connectivity index (χ4n) is 2.01. The van der Waals surface area contributed by atoms with Crippen LogP contribution < -0.4 is 5.32 Å². The van der Waals surface area contributed by atoms with Gasteiger partial charge in [0, 0.05) is 32.5 Å². The van der Waals surface area contributed by atoms with Gasteiger partial charge in [-0.05, 0) is 25.1 Å². The molecule has 0 aliphatic heterocycles. The Morgan fingerprint density at radius 2 is 2.00 bits per heavy atom. The fraction of sp³-hybridized carbons (Fsp3) is 0.357. The molecule has 1 N–H and O–H groups in total. The first-order valence-electron chi connectivity index (χ1n) is 6.67. The molecule has 7 heteroatoms. The Hall–Kier alpha value is -1.86. The summed E-state index contributed by atoms with van der Waals surface area (Å²) >= 11 is 0. The molecule has 0 aliphatic carbocycles. The molecule has 114 valence electrons. The highest BCUT2D eigenvalue weighted by Gasteiger charge is 2.21. The van der Waals surface area contributed by atoms with Crippen molar-refractivity contribution >= 4 is 15.7 Å². The normalized spacial score (nSPS) is 13.3. The standard InChI is InChI=1S/C14H20N4O2S/c1-12(11-18-10-6-9-15-18)16-13-7-4-5-8-14(13)21(19,20)17(2)3/h4-10,12,16H,11H2,1-3H3. The minimum absolute atomic E-state index is 0.0448. The van der Waals surface area contributed by atoms with Crippen LogP contribution in [0.25, 0.3) is 0 Å². The van der Waals surface area contributed by atoms with E-state index in [1.807, 2.05) is 25.3 Å². The zero-order valence-corrected chi connectivity index (χ0v) is 13.2. The summed E-state index contributed by atoms with van der Waals surface area (Å²) in [5.74, 6) is 0. The molecule has 1 aromatic carbocycles. The van der Waals surface area contributed by atoms with E-state index in [0.29, 0.717) is 12.2 Å². The summed E-state index contributed by atoms with van der Waals surface area (Å²) < 4.78 is 27.7. The van der Waals surface area contributed by atoms with Crippen LogP contribution in [0.4, 0.5) is 5.69 Å². The van der Waals surface area contributed by atoms with Gasteiger partial charge >= 0.3 is 0 Å². The van der Waals surface area contributed by atoms with Gasteiger partial charge in [0.25, 0.3) is 0 Å². The number of hydrogen-bond donors (Lipinski definition) is 1. The molecule has 2 rings (SSSR count). The van der Waals surface area contributed by atoms with E-state index in [4.69, 9.17) is 0 Å². The van der Waals surface area contributed by atoms with Gasteiger partial charge in [-0.25, -0.2) is 12.7 Å². The average molecular weight is 308 g/mol. The minimum atomic E-state index is -3.47. The summed E-state index contributed by atoms with van der Waals surface area (Å²) in [7, 11) is -0.413. The van der Waals surface area contributed by atoms with Gasteiger partial charge in [-0.1, -0.05) is 12.1 Å². The number of nitrogens with one attached hydrogen (secondary N) is 1. The van der Waals surface area contributed by atoms with E-state index in [-0.39, 0.29) is 10.9 Å². The molecule has 21 heavy (non-hydrogen) atoms. The number of benzene rings is 1. The zero-order valence-electron chi connectivity index (χ0n) is 12.4. The highest BCUT2D eigenvalue weighted by atomic mass is 32.2. The third-order valence-electron chi connectivity index (χ3n) is 3.07. The Morgan fingerprint density at radius 1 is 1.29 bits per heavy atom. The molecule has 0 saturated carbocycles. The maximum Gasteiger partial charge on any atom is 0.244 e. The van der Waals surface area contributed by atoms with Crippen LogP contribution in [-0.4, -0.2) is 42.6 Å². The van der Waals surface area contributed by atoms with E-state index in [2.05, 4.69) is 10.4 Å². The molecule has 1 aromatic heterocycles. The van der Waals surface area contributed by atoms with Crippen LogP contribution in [0.5, 0.6) is 0 Å². The van der Waals surface area contributed by atoms with Crippen molar-refractivity contribution < 1.29 is 8.42 Å². The predicted octanol–water partition coefficient (Wildman–Crippen LogP) is 1.63. The predicted molar refractivity (Wildman–Crippen MR) is 82.6 cm³/mol. The first kappa shape index (κ1) is 15.5. The molecule has 0 radical (unpaired) electrons. The molecule has 2 aromatic rings. The number of aromatic nitrogens is 2. The topological polar surface area (TPSA) is 67.2 Å². The van der Waals surface area contributed by atoms with Crippen molar-refractivity contribution in [2.75, 3.05) is 19.4 Å². The van der Waals surface area contributed by atoms with E-state index in [0.717, 1.165) is 0 Å². The highest BCUT2D eigenvalue weighted by Crippen LogP contribution is 2.23. The number of para-hydroxylation sites is 1. The second-order valence-electron chi connectivity index (χ2n) is 5.06. The van der Waals surface area contributed by atoms with Crippen LogP contribution >= 0.6 is 0 Å². The second-order valence-corrected chi connectivity index (χ2v) is 7.18. The fourth-order valence-corrected chi connectivity index (χ4v) is 3.06. The van der Waals surface area contributed by atoms with Crippen LogP contribution in [0.2, 0.25) is 0 Å². The van der Waals surface area contributed by atoms with Crippen molar-refractivity contribution in [2.45, 2.75) is 24.4 Å². The van der Waals surface area contributed by atoms with Crippen LogP contribution in [0.3, 0.4) is 0 Å². The maximum absolute atomic E-state index is 12.3. The maximum atomic E-state index is 12.3. The number of rotatable bonds is 6. The molecule has 0 fully saturated rings. The van der Waals surface area contributed by atoms with E-state index in [9.17, 15) is 8.42 Å². The lowest BCUT2D eigenvalue weighted by Gasteiger charge is -2.20. The van der Waals surface area contributed by atoms with Gasteiger partial charge < -0.3 is 5.32 Å². The lowest BCUT2D eigenvalue weighted by molar-refractivity contribution is 0.520. The molecule has 6 nitrogen and oxygen atoms in total. The Balaban J connectivity index is 2.21. The van der Waals surface area contributed by atoms with Crippen molar-refractivity contribution in [1.82, 2.24) is 14.1 Å². The second kappa shape index (κ2) is 6.28. The first-order chi connectivity index (χ1) is 9.91. The molecule has 0 aliphatic rings. The third kappa shape index (κ3) is 3.62. The van der Waals surface area contributed by atoms with Crippen molar-refractivity contribution in [2.24, 2.45) is 0 Å². The summed E-state index contributed by atoms with van der Waals surface area (Å²) in [4.78, 5) is 0.280. The molecular weight excluding hydrogens is 288 g/mol. The lowest BCUT2D eigenvalue weighted by atomic mass is 10.2. The largest absolute Gasteiger partial charge is 0.380 e. The lowest BCUT2D eigenvalue weighted by Crippen LogP contribution is -2.26. The minimum Gasteiger partial charge on any atom is -0.380 e. The monoisotopic (exact) mass is 308 g/mol. The zero-order chi connectivity index (χ0) is 15.5. The Morgan fingerprint density at radius 3 is 2.62 bits per heavy atom. The molecule has 0 saturated heterocycles. The van der Waals surface area contributed by atoms with Crippen molar-refractivity contribution in [3.8, 4) is 0 Å². The van der Waals surface area contributed by atoms with Gasteiger partial charge in [0.2, 0.25) is 10.0 Å². The smallest absolute Gasteiger partial charge is 0.244 e. The molecule has 0 spiro atoms. The van der Waals surface area contributed by atoms with Crippen molar-refractivity contribution in [3.63, 3.8) is 0 Å². The van der Waals surface area contributed by atoms with Crippen molar-refractivity contribution in [3.05, 3.63) is 42.7 Å². The van der Waals surface area contributed by atoms with Gasteiger partial charge in [0.05, 0.1) is 12.2 Å². The van der Waals surface area contributed by atoms with Gasteiger partial charge in [-0.15, -0.1) is 0 Å². The van der Waals surface area contributed by atoms with Gasteiger partial charge in [-0.3, -0.25) is 4.68 Å². The molecular formula is C14H20N4O2S. The summed E-state index contributed by atoms with van der Waals surface area (Å²) in [5.41, 5.74) is 0.603. The molecule has 1 atom stereocenters. The highest BCUT2D eigenvalue weighted by molar-refractivity contribution is 7.89. The molecule has 0 bridgehead atoms. The molecule has 1 unspecified atom stereocenters.